The van der Waals surface area contributed by atoms with Crippen molar-refractivity contribution in [1.82, 2.24) is 4.90 Å². The second-order valence-electron chi connectivity index (χ2n) is 2.71. The summed E-state index contributed by atoms with van der Waals surface area (Å²) in [6, 6.07) is 0. The minimum absolute atomic E-state index is 0.396. The van der Waals surface area contributed by atoms with Gasteiger partial charge in [0.1, 0.15) is 4.83 Å². The molecule has 4 nitrogen and oxygen atoms in total. The molecule has 0 radical (unpaired) electrons. The quantitative estimate of drug-likeness (QED) is 0.461. The number of alkyl halides is 1. The molecule has 1 aliphatic heterocycles. The van der Waals surface area contributed by atoms with Gasteiger partial charge in [-0.25, -0.2) is 0 Å². The van der Waals surface area contributed by atoms with Crippen molar-refractivity contribution in [3.8, 4) is 0 Å². The highest BCUT2D eigenvalue weighted by Crippen LogP contribution is 2.12. The average molecular weight is 235 g/mol. The molecule has 0 aromatic heterocycles. The number of aliphatic carboxylic acids is 1. The van der Waals surface area contributed by atoms with E-state index in [4.69, 9.17) is 0 Å². The number of hydrogen-bond acceptors (Lipinski definition) is 3. The summed E-state index contributed by atoms with van der Waals surface area (Å²) in [6.45, 7) is 1.32. The first-order chi connectivity index (χ1) is 5.63. The Kier molecular flexibility index (Phi) is 3.08. The second kappa shape index (κ2) is 3.89. The summed E-state index contributed by atoms with van der Waals surface area (Å²) in [7, 11) is 0. The van der Waals surface area contributed by atoms with Crippen LogP contribution in [0.15, 0.2) is 0 Å². The molecular weight excluding hydrogens is 226 g/mol. The molecule has 1 unspecified atom stereocenters. The Morgan fingerprint density at radius 3 is 2.25 bits per heavy atom. The molecule has 1 aliphatic rings. The maximum atomic E-state index is 11.2. The van der Waals surface area contributed by atoms with Crippen LogP contribution in [-0.4, -0.2) is 34.7 Å². The summed E-state index contributed by atoms with van der Waals surface area (Å²) in [4.78, 5) is 21.9. The van der Waals surface area contributed by atoms with Gasteiger partial charge >= 0.3 is 0 Å². The van der Waals surface area contributed by atoms with E-state index in [1.807, 2.05) is 0 Å². The normalized spacial score (nSPS) is 19.2. The fourth-order valence-electron chi connectivity index (χ4n) is 1.20. The summed E-state index contributed by atoms with van der Waals surface area (Å²) in [5.41, 5.74) is 0. The Balaban J connectivity index is 2.51. The van der Waals surface area contributed by atoms with E-state index in [0.717, 1.165) is 12.8 Å². The van der Waals surface area contributed by atoms with Crippen molar-refractivity contribution in [2.75, 3.05) is 13.1 Å². The molecule has 0 aromatic rings. The molecule has 0 N–H and O–H groups in total. The number of nitrogens with zero attached hydrogens (tertiary/aromatic N) is 1. The minimum Gasteiger partial charge on any atom is -0.548 e. The van der Waals surface area contributed by atoms with Gasteiger partial charge in [-0.05, 0) is 12.8 Å². The maximum absolute atomic E-state index is 11.2. The molecule has 1 amide bonds. The maximum Gasteiger partial charge on any atom is 0.242 e. The van der Waals surface area contributed by atoms with Crippen LogP contribution in [0.4, 0.5) is 0 Å². The molecule has 5 heteroatoms. The van der Waals surface area contributed by atoms with E-state index < -0.39 is 16.7 Å². The highest BCUT2D eigenvalue weighted by Gasteiger charge is 2.24. The van der Waals surface area contributed by atoms with E-state index in [-0.39, 0.29) is 0 Å². The number of amides is 1. The zero-order valence-electron chi connectivity index (χ0n) is 6.46. The Morgan fingerprint density at radius 2 is 1.83 bits per heavy atom. The molecule has 1 atom stereocenters. The third-order valence-corrected chi connectivity index (χ3v) is 2.61. The highest BCUT2D eigenvalue weighted by atomic mass is 79.9. The van der Waals surface area contributed by atoms with Gasteiger partial charge in [0.2, 0.25) is 5.91 Å². The van der Waals surface area contributed by atoms with Crippen molar-refractivity contribution >= 4 is 27.8 Å². The van der Waals surface area contributed by atoms with Crippen LogP contribution in [0, 0.1) is 0 Å². The van der Waals surface area contributed by atoms with E-state index in [1.54, 1.807) is 0 Å². The summed E-state index contributed by atoms with van der Waals surface area (Å²) in [5, 5.41) is 10.3. The lowest BCUT2D eigenvalue weighted by Crippen LogP contribution is -2.44. The number of hydrogen-bond donors (Lipinski definition) is 0. The third kappa shape index (κ3) is 1.97. The van der Waals surface area contributed by atoms with Crippen LogP contribution in [-0.2, 0) is 9.59 Å². The third-order valence-electron chi connectivity index (χ3n) is 1.84. The van der Waals surface area contributed by atoms with Crippen LogP contribution in [0.2, 0.25) is 0 Å². The molecular formula is C7H9BrNO3-. The number of likely N-dealkylation sites (tertiary alicyclic amines) is 1. The van der Waals surface area contributed by atoms with Crippen molar-refractivity contribution in [1.29, 1.82) is 0 Å². The fraction of sp³-hybridized carbons (Fsp3) is 0.714. The summed E-state index contributed by atoms with van der Waals surface area (Å²) in [5.74, 6) is -1.76. The Labute approximate surface area is 78.7 Å². The smallest absolute Gasteiger partial charge is 0.242 e. The number of carboxylic acid groups (broad SMARTS) is 1. The van der Waals surface area contributed by atoms with Crippen molar-refractivity contribution in [2.24, 2.45) is 0 Å². The number of rotatable bonds is 2. The Hall–Kier alpha value is -0.580. The van der Waals surface area contributed by atoms with E-state index in [1.165, 1.54) is 4.90 Å². The predicted molar refractivity (Wildman–Crippen MR) is 43.5 cm³/mol. The zero-order valence-corrected chi connectivity index (χ0v) is 8.04. The highest BCUT2D eigenvalue weighted by molar-refractivity contribution is 9.10. The lowest BCUT2D eigenvalue weighted by atomic mass is 10.4. The molecule has 0 saturated carbocycles. The molecule has 0 spiro atoms. The number of carbonyl (C=O) groups is 2. The van der Waals surface area contributed by atoms with Crippen molar-refractivity contribution in [3.05, 3.63) is 0 Å². The minimum atomic E-state index is -1.37. The molecule has 0 aromatic carbocycles. The zero-order chi connectivity index (χ0) is 9.14. The SMILES string of the molecule is O=C([O-])C(Br)C(=O)N1CCCC1. The monoisotopic (exact) mass is 234 g/mol. The van der Waals surface area contributed by atoms with Crippen LogP contribution in [0.5, 0.6) is 0 Å². The topological polar surface area (TPSA) is 60.4 Å². The van der Waals surface area contributed by atoms with Crippen molar-refractivity contribution < 1.29 is 14.7 Å². The van der Waals surface area contributed by atoms with E-state index >= 15 is 0 Å². The first-order valence-corrected chi connectivity index (χ1v) is 4.68. The Bertz CT molecular complexity index is 201. The van der Waals surface area contributed by atoms with Crippen molar-refractivity contribution in [2.45, 2.75) is 17.7 Å². The van der Waals surface area contributed by atoms with E-state index in [0.29, 0.717) is 13.1 Å². The van der Waals surface area contributed by atoms with Crippen LogP contribution in [0.25, 0.3) is 0 Å². The van der Waals surface area contributed by atoms with Crippen LogP contribution < -0.4 is 5.11 Å². The van der Waals surface area contributed by atoms with Gasteiger partial charge in [0, 0.05) is 13.1 Å². The largest absolute Gasteiger partial charge is 0.548 e. The van der Waals surface area contributed by atoms with Gasteiger partial charge in [0.15, 0.2) is 0 Å². The average Bonchev–Trinajstić information content (AvgIpc) is 2.53. The first kappa shape index (κ1) is 9.51. The lowest BCUT2D eigenvalue weighted by Gasteiger charge is -2.19. The summed E-state index contributed by atoms with van der Waals surface area (Å²) >= 11 is 2.76. The molecule has 12 heavy (non-hydrogen) atoms. The molecule has 1 fully saturated rings. The summed E-state index contributed by atoms with van der Waals surface area (Å²) in [6.07, 6.45) is 1.91. The van der Waals surface area contributed by atoms with Gasteiger partial charge in [-0.3, -0.25) is 4.79 Å². The second-order valence-corrected chi connectivity index (χ2v) is 3.63. The van der Waals surface area contributed by atoms with Gasteiger partial charge in [0.25, 0.3) is 0 Å². The number of carboxylic acids is 1. The molecule has 0 aliphatic carbocycles. The number of halogens is 1. The molecule has 1 rings (SSSR count). The van der Waals surface area contributed by atoms with E-state index in [9.17, 15) is 14.7 Å². The number of carbonyl (C=O) groups excluding carboxylic acids is 2. The van der Waals surface area contributed by atoms with Gasteiger partial charge in [0.05, 0.1) is 5.97 Å². The van der Waals surface area contributed by atoms with E-state index in [2.05, 4.69) is 15.9 Å². The standard InChI is InChI=1S/C7H10BrNO3/c8-5(7(11)12)6(10)9-3-1-2-4-9/h5H,1-4H2,(H,11,12)/p-1. The molecule has 68 valence electrons. The molecule has 1 heterocycles. The molecule has 0 bridgehead atoms. The van der Waals surface area contributed by atoms with Crippen LogP contribution in [0.3, 0.4) is 0 Å². The van der Waals surface area contributed by atoms with Gasteiger partial charge in [-0.15, -0.1) is 0 Å². The van der Waals surface area contributed by atoms with Gasteiger partial charge in [-0.1, -0.05) is 15.9 Å². The van der Waals surface area contributed by atoms with Crippen LogP contribution in [0.1, 0.15) is 12.8 Å². The van der Waals surface area contributed by atoms with Crippen LogP contribution >= 0.6 is 15.9 Å². The first-order valence-electron chi connectivity index (χ1n) is 3.76. The Morgan fingerprint density at radius 1 is 1.33 bits per heavy atom. The van der Waals surface area contributed by atoms with Gasteiger partial charge in [-0.2, -0.15) is 0 Å². The lowest BCUT2D eigenvalue weighted by molar-refractivity contribution is -0.303. The summed E-state index contributed by atoms with van der Waals surface area (Å²) < 4.78 is 0. The van der Waals surface area contributed by atoms with Gasteiger partial charge < -0.3 is 14.8 Å². The molecule has 1 saturated heterocycles. The predicted octanol–water partition coefficient (Wildman–Crippen LogP) is -0.878. The fourth-order valence-corrected chi connectivity index (χ4v) is 1.49. The van der Waals surface area contributed by atoms with Crippen molar-refractivity contribution in [3.63, 3.8) is 0 Å².